The summed E-state index contributed by atoms with van der Waals surface area (Å²) in [4.78, 5) is 7.86. The van der Waals surface area contributed by atoms with Crippen LogP contribution in [0.3, 0.4) is 0 Å². The number of hydrogen-bond donors (Lipinski definition) is 1. The van der Waals surface area contributed by atoms with Crippen molar-refractivity contribution >= 4 is 12.2 Å². The Hall–Kier alpha value is -0.700. The van der Waals surface area contributed by atoms with E-state index in [1.807, 2.05) is 0 Å². The predicted octanol–water partition coefficient (Wildman–Crippen LogP) is 2.97. The smallest absolute Gasteiger partial charge is 0.133 e. The van der Waals surface area contributed by atoms with Crippen LogP contribution in [0.5, 0.6) is 0 Å². The molecule has 0 unspecified atom stereocenters. The fraction of sp³-hybridized carbons (Fsp3) is 0.636. The van der Waals surface area contributed by atoms with Gasteiger partial charge in [0.1, 0.15) is 10.5 Å². The van der Waals surface area contributed by atoms with Crippen molar-refractivity contribution in [2.24, 2.45) is 0 Å². The van der Waals surface area contributed by atoms with Crippen LogP contribution in [0.15, 0.2) is 0 Å². The SMILES string of the molecule is CCCCc1nc(=S)c2c([nH]1)CCC2. The number of rotatable bonds is 3. The molecule has 0 aromatic carbocycles. The molecule has 2 nitrogen and oxygen atoms in total. The normalized spacial score (nSPS) is 14.4. The quantitative estimate of drug-likeness (QED) is 0.774. The molecule has 0 atom stereocenters. The van der Waals surface area contributed by atoms with Gasteiger partial charge in [0.2, 0.25) is 0 Å². The van der Waals surface area contributed by atoms with Gasteiger partial charge in [-0.25, -0.2) is 4.98 Å². The van der Waals surface area contributed by atoms with E-state index < -0.39 is 0 Å². The first-order valence-corrected chi connectivity index (χ1v) is 5.83. The lowest BCUT2D eigenvalue weighted by molar-refractivity contribution is 0.743. The minimum absolute atomic E-state index is 0.836. The summed E-state index contributed by atoms with van der Waals surface area (Å²) in [6.45, 7) is 2.20. The highest BCUT2D eigenvalue weighted by Gasteiger charge is 2.14. The Kier molecular flexibility index (Phi) is 2.96. The Labute approximate surface area is 89.8 Å². The van der Waals surface area contributed by atoms with Crippen LogP contribution in [0, 0.1) is 4.64 Å². The topological polar surface area (TPSA) is 28.7 Å². The second-order valence-electron chi connectivity index (χ2n) is 3.90. The van der Waals surface area contributed by atoms with Crippen molar-refractivity contribution < 1.29 is 0 Å². The zero-order valence-electron chi connectivity index (χ0n) is 8.60. The molecule has 0 saturated heterocycles. The molecular formula is C11H16N2S. The Balaban J connectivity index is 2.28. The van der Waals surface area contributed by atoms with E-state index in [1.54, 1.807) is 0 Å². The lowest BCUT2D eigenvalue weighted by Gasteiger charge is -2.04. The summed E-state index contributed by atoms with van der Waals surface area (Å²) in [6, 6.07) is 0. The van der Waals surface area contributed by atoms with Gasteiger partial charge in [0.05, 0.1) is 0 Å². The molecule has 0 aliphatic heterocycles. The molecule has 0 spiro atoms. The number of fused-ring (bicyclic) bond motifs is 1. The van der Waals surface area contributed by atoms with E-state index >= 15 is 0 Å². The van der Waals surface area contributed by atoms with Gasteiger partial charge in [-0.15, -0.1) is 0 Å². The number of aromatic amines is 1. The van der Waals surface area contributed by atoms with Gasteiger partial charge in [-0.05, 0) is 25.7 Å². The maximum absolute atomic E-state index is 5.29. The number of H-pyrrole nitrogens is 1. The van der Waals surface area contributed by atoms with Gasteiger partial charge in [-0.1, -0.05) is 25.6 Å². The average Bonchev–Trinajstić information content (AvgIpc) is 2.63. The molecule has 1 aromatic rings. The highest BCUT2D eigenvalue weighted by molar-refractivity contribution is 7.71. The van der Waals surface area contributed by atoms with Gasteiger partial charge >= 0.3 is 0 Å². The molecule has 2 rings (SSSR count). The number of nitrogens with zero attached hydrogens (tertiary/aromatic N) is 1. The molecule has 14 heavy (non-hydrogen) atoms. The Morgan fingerprint density at radius 3 is 3.07 bits per heavy atom. The van der Waals surface area contributed by atoms with Gasteiger partial charge in [0.15, 0.2) is 0 Å². The van der Waals surface area contributed by atoms with Gasteiger partial charge in [-0.3, -0.25) is 0 Å². The molecule has 3 heteroatoms. The Morgan fingerprint density at radius 2 is 2.29 bits per heavy atom. The van der Waals surface area contributed by atoms with Crippen molar-refractivity contribution in [1.29, 1.82) is 0 Å². The van der Waals surface area contributed by atoms with Crippen LogP contribution in [0.2, 0.25) is 0 Å². The third-order valence-electron chi connectivity index (χ3n) is 2.77. The van der Waals surface area contributed by atoms with Crippen LogP contribution >= 0.6 is 12.2 Å². The molecule has 0 amide bonds. The summed E-state index contributed by atoms with van der Waals surface area (Å²) in [5.41, 5.74) is 2.64. The van der Waals surface area contributed by atoms with Crippen molar-refractivity contribution in [2.45, 2.75) is 45.4 Å². The second kappa shape index (κ2) is 4.22. The van der Waals surface area contributed by atoms with Gasteiger partial charge < -0.3 is 4.98 Å². The Bertz CT molecular complexity index is 381. The van der Waals surface area contributed by atoms with E-state index in [2.05, 4.69) is 16.9 Å². The first kappa shape index (κ1) is 9.84. The summed E-state index contributed by atoms with van der Waals surface area (Å²) in [6.07, 6.45) is 6.94. The number of hydrogen-bond acceptors (Lipinski definition) is 2. The monoisotopic (exact) mass is 208 g/mol. The van der Waals surface area contributed by atoms with Gasteiger partial charge in [-0.2, -0.15) is 0 Å². The molecule has 0 radical (unpaired) electrons. The highest BCUT2D eigenvalue weighted by atomic mass is 32.1. The molecule has 0 fully saturated rings. The maximum atomic E-state index is 5.29. The van der Waals surface area contributed by atoms with E-state index in [4.69, 9.17) is 12.2 Å². The van der Waals surface area contributed by atoms with E-state index in [0.29, 0.717) is 0 Å². The van der Waals surface area contributed by atoms with Crippen molar-refractivity contribution in [3.05, 3.63) is 21.7 Å². The molecule has 1 N–H and O–H groups in total. The summed E-state index contributed by atoms with van der Waals surface area (Å²) >= 11 is 5.29. The standard InChI is InChI=1S/C11H16N2S/c1-2-3-7-10-12-9-6-4-5-8(9)11(14)13-10/h2-7H2,1H3,(H,12,13,14). The minimum Gasteiger partial charge on any atom is -0.347 e. The number of aromatic nitrogens is 2. The zero-order chi connectivity index (χ0) is 9.97. The summed E-state index contributed by atoms with van der Waals surface area (Å²) in [7, 11) is 0. The van der Waals surface area contributed by atoms with Gasteiger partial charge in [0.25, 0.3) is 0 Å². The number of unbranched alkanes of at least 4 members (excludes halogenated alkanes) is 1. The highest BCUT2D eigenvalue weighted by Crippen LogP contribution is 2.20. The Morgan fingerprint density at radius 1 is 1.43 bits per heavy atom. The largest absolute Gasteiger partial charge is 0.347 e. The molecule has 0 saturated carbocycles. The maximum Gasteiger partial charge on any atom is 0.133 e. The first-order valence-electron chi connectivity index (χ1n) is 5.42. The molecule has 1 aliphatic rings. The first-order chi connectivity index (χ1) is 6.81. The van der Waals surface area contributed by atoms with Crippen molar-refractivity contribution in [1.82, 2.24) is 9.97 Å². The van der Waals surface area contributed by atoms with Crippen molar-refractivity contribution in [2.75, 3.05) is 0 Å². The third kappa shape index (κ3) is 1.87. The van der Waals surface area contributed by atoms with Crippen LogP contribution in [-0.2, 0) is 19.3 Å². The third-order valence-corrected chi connectivity index (χ3v) is 3.11. The van der Waals surface area contributed by atoms with E-state index in [9.17, 15) is 0 Å². The molecule has 1 aliphatic carbocycles. The van der Waals surface area contributed by atoms with E-state index in [-0.39, 0.29) is 0 Å². The lowest BCUT2D eigenvalue weighted by Crippen LogP contribution is -2.00. The summed E-state index contributed by atoms with van der Waals surface area (Å²) in [5.74, 6) is 1.08. The fourth-order valence-corrected chi connectivity index (χ4v) is 2.31. The average molecular weight is 208 g/mol. The fourth-order valence-electron chi connectivity index (χ4n) is 1.97. The number of aryl methyl sites for hydroxylation is 2. The molecule has 0 bridgehead atoms. The number of nitrogens with one attached hydrogen (secondary N) is 1. The van der Waals surface area contributed by atoms with Crippen molar-refractivity contribution in [3.8, 4) is 0 Å². The zero-order valence-corrected chi connectivity index (χ0v) is 9.41. The summed E-state index contributed by atoms with van der Waals surface area (Å²) < 4.78 is 0.836. The van der Waals surface area contributed by atoms with E-state index in [0.717, 1.165) is 29.7 Å². The summed E-state index contributed by atoms with van der Waals surface area (Å²) in [5, 5.41) is 0. The van der Waals surface area contributed by atoms with Crippen LogP contribution in [0.4, 0.5) is 0 Å². The predicted molar refractivity (Wildman–Crippen MR) is 60.1 cm³/mol. The molecule has 1 aromatic heterocycles. The van der Waals surface area contributed by atoms with Crippen LogP contribution < -0.4 is 0 Å². The van der Waals surface area contributed by atoms with Crippen LogP contribution in [0.25, 0.3) is 0 Å². The minimum atomic E-state index is 0.836. The van der Waals surface area contributed by atoms with E-state index in [1.165, 1.54) is 30.5 Å². The van der Waals surface area contributed by atoms with Gasteiger partial charge in [0, 0.05) is 17.7 Å². The van der Waals surface area contributed by atoms with Crippen molar-refractivity contribution in [3.63, 3.8) is 0 Å². The molecule has 1 heterocycles. The molecule has 76 valence electrons. The lowest BCUT2D eigenvalue weighted by atomic mass is 10.2. The van der Waals surface area contributed by atoms with Crippen LogP contribution in [-0.4, -0.2) is 9.97 Å². The second-order valence-corrected chi connectivity index (χ2v) is 4.29. The van der Waals surface area contributed by atoms with Crippen LogP contribution in [0.1, 0.15) is 43.3 Å². The molecular weight excluding hydrogens is 192 g/mol.